The average molecular weight is 259 g/mol. The first-order chi connectivity index (χ1) is 7.06. The molecule has 7 heteroatoms. The predicted octanol–water partition coefficient (Wildman–Crippen LogP) is 4.70. The van der Waals surface area contributed by atoms with Crippen LogP contribution < -0.4 is 5.32 Å². The van der Waals surface area contributed by atoms with E-state index in [0.717, 1.165) is 12.5 Å². The minimum atomic E-state index is -9.54. The van der Waals surface area contributed by atoms with Crippen LogP contribution in [0.3, 0.4) is 0 Å². The number of benzene rings is 1. The Bertz CT molecular complexity index is 438. The van der Waals surface area contributed by atoms with E-state index in [0.29, 0.717) is 30.7 Å². The lowest BCUT2D eigenvalue weighted by molar-refractivity contribution is 0.364. The molecule has 1 aromatic carbocycles. The quantitative estimate of drug-likeness (QED) is 0.721. The Hall–Kier alpha value is -0.980. The van der Waals surface area contributed by atoms with Gasteiger partial charge in [-0.25, -0.2) is 0 Å². The van der Waals surface area contributed by atoms with Crippen molar-refractivity contribution in [2.45, 2.75) is 17.7 Å². The van der Waals surface area contributed by atoms with Crippen molar-refractivity contribution in [1.82, 2.24) is 0 Å². The van der Waals surface area contributed by atoms with Gasteiger partial charge in [-0.05, 0) is 30.5 Å². The SMILES string of the molecule is FS(F)(F)(F)(F)c1ccc2c(c1)NCCC2. The van der Waals surface area contributed by atoms with Gasteiger partial charge in [-0.1, -0.05) is 25.5 Å². The molecule has 0 bridgehead atoms. The third-order valence-electron chi connectivity index (χ3n) is 2.47. The highest BCUT2D eigenvalue weighted by molar-refractivity contribution is 8.45. The normalized spacial score (nSPS) is 20.3. The summed E-state index contributed by atoms with van der Waals surface area (Å²) >= 11 is 0. The fourth-order valence-electron chi connectivity index (χ4n) is 1.68. The molecule has 0 spiro atoms. The Labute approximate surface area is 89.4 Å². The summed E-state index contributed by atoms with van der Waals surface area (Å²) in [5, 5.41) is 2.70. The molecule has 0 aromatic heterocycles. The first-order valence-corrected chi connectivity index (χ1v) is 6.62. The van der Waals surface area contributed by atoms with Gasteiger partial charge in [-0.3, -0.25) is 0 Å². The highest BCUT2D eigenvalue weighted by atomic mass is 32.5. The lowest BCUT2D eigenvalue weighted by Crippen LogP contribution is -2.13. The van der Waals surface area contributed by atoms with Crippen LogP contribution in [0.2, 0.25) is 0 Å². The third kappa shape index (κ3) is 2.23. The fourth-order valence-corrected chi connectivity index (χ4v) is 2.35. The van der Waals surface area contributed by atoms with E-state index in [2.05, 4.69) is 5.32 Å². The van der Waals surface area contributed by atoms with E-state index in [9.17, 15) is 19.4 Å². The molecule has 1 heterocycles. The smallest absolute Gasteiger partial charge is 0.310 e. The Morgan fingerprint density at radius 1 is 1.06 bits per heavy atom. The maximum atomic E-state index is 12.5. The molecular weight excluding hydrogens is 249 g/mol. The van der Waals surface area contributed by atoms with Gasteiger partial charge in [0.25, 0.3) is 0 Å². The third-order valence-corrected chi connectivity index (χ3v) is 3.61. The molecule has 1 N–H and O–H groups in total. The molecule has 92 valence electrons. The maximum absolute atomic E-state index is 12.5. The molecule has 0 atom stereocenters. The molecule has 2 rings (SSSR count). The standard InChI is InChI=1S/C9H10F5NS/c10-16(11,12,13,14)8-4-3-7-2-1-5-15-9(7)6-8/h3-4,6,15H,1-2,5H2. The Balaban J connectivity index is 2.54. The number of nitrogens with one attached hydrogen (secondary N) is 1. The van der Waals surface area contributed by atoms with Crippen LogP contribution in [0.25, 0.3) is 0 Å². The zero-order valence-electron chi connectivity index (χ0n) is 8.15. The summed E-state index contributed by atoms with van der Waals surface area (Å²) in [6.45, 7) is 0.511. The van der Waals surface area contributed by atoms with Crippen LogP contribution in [0.15, 0.2) is 23.1 Å². The van der Waals surface area contributed by atoms with Crippen molar-refractivity contribution in [3.63, 3.8) is 0 Å². The first-order valence-electron chi connectivity index (χ1n) is 4.67. The van der Waals surface area contributed by atoms with Crippen molar-refractivity contribution in [3.8, 4) is 0 Å². The molecule has 0 amide bonds. The van der Waals surface area contributed by atoms with Gasteiger partial charge < -0.3 is 5.32 Å². The van der Waals surface area contributed by atoms with E-state index < -0.39 is 15.1 Å². The monoisotopic (exact) mass is 259 g/mol. The molecule has 1 nitrogen and oxygen atoms in total. The summed E-state index contributed by atoms with van der Waals surface area (Å²) in [7, 11) is -9.54. The molecule has 1 aliphatic rings. The Morgan fingerprint density at radius 2 is 1.75 bits per heavy atom. The molecule has 1 aromatic rings. The van der Waals surface area contributed by atoms with Crippen LogP contribution in [0, 0.1) is 0 Å². The molecule has 0 saturated carbocycles. The van der Waals surface area contributed by atoms with Crippen LogP contribution in [0.5, 0.6) is 0 Å². The lowest BCUT2D eigenvalue weighted by atomic mass is 10.0. The highest BCUT2D eigenvalue weighted by Crippen LogP contribution is 3.02. The van der Waals surface area contributed by atoms with Gasteiger partial charge >= 0.3 is 10.2 Å². The Morgan fingerprint density at radius 3 is 2.38 bits per heavy atom. The largest absolute Gasteiger partial charge is 0.385 e. The Kier molecular flexibility index (Phi) is 1.90. The molecule has 1 aliphatic heterocycles. The summed E-state index contributed by atoms with van der Waals surface area (Å²) in [5.41, 5.74) is 0.814. The zero-order valence-corrected chi connectivity index (χ0v) is 8.97. The summed E-state index contributed by atoms with van der Waals surface area (Å²) in [6.07, 6.45) is 1.41. The van der Waals surface area contributed by atoms with Crippen molar-refractivity contribution < 1.29 is 19.4 Å². The number of anilines is 1. The van der Waals surface area contributed by atoms with Crippen LogP contribution in [0.1, 0.15) is 12.0 Å². The van der Waals surface area contributed by atoms with Crippen molar-refractivity contribution in [1.29, 1.82) is 0 Å². The second-order valence-electron chi connectivity index (χ2n) is 3.82. The number of fused-ring (bicyclic) bond motifs is 1. The minimum Gasteiger partial charge on any atom is -0.385 e. The molecule has 0 unspecified atom stereocenters. The molecule has 0 fully saturated rings. The van der Waals surface area contributed by atoms with Gasteiger partial charge in [0.05, 0.1) is 0 Å². The minimum absolute atomic E-state index is 0.164. The van der Waals surface area contributed by atoms with Crippen molar-refractivity contribution >= 4 is 15.9 Å². The summed E-state index contributed by atoms with van der Waals surface area (Å²) in [6, 6.07) is 2.10. The molecule has 0 saturated heterocycles. The predicted molar refractivity (Wildman–Crippen MR) is 54.6 cm³/mol. The second kappa shape index (κ2) is 2.64. The van der Waals surface area contributed by atoms with Gasteiger partial charge in [0, 0.05) is 12.2 Å². The van der Waals surface area contributed by atoms with Crippen molar-refractivity contribution in [2.75, 3.05) is 11.9 Å². The lowest BCUT2D eigenvalue weighted by Gasteiger charge is -2.41. The number of hydrogen-bond acceptors (Lipinski definition) is 1. The van der Waals surface area contributed by atoms with E-state index in [1.807, 2.05) is 0 Å². The van der Waals surface area contributed by atoms with Crippen LogP contribution in [-0.2, 0) is 6.42 Å². The second-order valence-corrected chi connectivity index (χ2v) is 6.23. The molecule has 16 heavy (non-hydrogen) atoms. The summed E-state index contributed by atoms with van der Waals surface area (Å²) in [4.78, 5) is -1.83. The molecule has 0 aliphatic carbocycles. The van der Waals surface area contributed by atoms with E-state index in [1.165, 1.54) is 0 Å². The van der Waals surface area contributed by atoms with Gasteiger partial charge in [-0.15, -0.1) is 0 Å². The van der Waals surface area contributed by atoms with E-state index in [4.69, 9.17) is 0 Å². The topological polar surface area (TPSA) is 12.0 Å². The average Bonchev–Trinajstić information content (AvgIpc) is 2.13. The van der Waals surface area contributed by atoms with Gasteiger partial charge in [-0.2, -0.15) is 0 Å². The number of hydrogen-bond donors (Lipinski definition) is 1. The van der Waals surface area contributed by atoms with Gasteiger partial charge in [0.15, 0.2) is 0 Å². The fraction of sp³-hybridized carbons (Fsp3) is 0.333. The summed E-state index contributed by atoms with van der Waals surface area (Å²) < 4.78 is 62.4. The summed E-state index contributed by atoms with van der Waals surface area (Å²) in [5.74, 6) is 0. The highest BCUT2D eigenvalue weighted by Gasteiger charge is 2.65. The van der Waals surface area contributed by atoms with E-state index in [-0.39, 0.29) is 5.69 Å². The number of aryl methyl sites for hydroxylation is 1. The van der Waals surface area contributed by atoms with Gasteiger partial charge in [0.2, 0.25) is 0 Å². The number of halogens is 5. The van der Waals surface area contributed by atoms with Crippen molar-refractivity contribution in [2.24, 2.45) is 0 Å². The van der Waals surface area contributed by atoms with E-state index in [1.54, 1.807) is 0 Å². The van der Waals surface area contributed by atoms with Crippen LogP contribution in [-0.4, -0.2) is 6.54 Å². The molecule has 0 radical (unpaired) electrons. The van der Waals surface area contributed by atoms with Crippen LogP contribution in [0.4, 0.5) is 25.1 Å². The van der Waals surface area contributed by atoms with Crippen molar-refractivity contribution in [3.05, 3.63) is 23.8 Å². The number of rotatable bonds is 1. The first kappa shape index (κ1) is 11.5. The zero-order chi connectivity index (χ0) is 12.1. The van der Waals surface area contributed by atoms with Gasteiger partial charge in [0.1, 0.15) is 4.90 Å². The molecular formula is C9H10F5NS. The maximum Gasteiger partial charge on any atom is 0.310 e. The van der Waals surface area contributed by atoms with Crippen LogP contribution >= 0.6 is 10.2 Å². The van der Waals surface area contributed by atoms with E-state index >= 15 is 0 Å².